The molecule has 1 aliphatic heterocycles. The van der Waals surface area contributed by atoms with Crippen molar-refractivity contribution in [3.63, 3.8) is 0 Å². The minimum Gasteiger partial charge on any atom is -0.492 e. The molecular formula is C21H25ClN2O4S. The predicted molar refractivity (Wildman–Crippen MR) is 113 cm³/mol. The molecule has 0 saturated carbocycles. The lowest BCUT2D eigenvalue weighted by Gasteiger charge is -2.29. The first-order chi connectivity index (χ1) is 13.9. The fourth-order valence-corrected chi connectivity index (χ4v) is 4.86. The van der Waals surface area contributed by atoms with Gasteiger partial charge in [-0.1, -0.05) is 36.7 Å². The Labute approximate surface area is 176 Å². The number of carbonyl (C=O) groups is 1. The number of benzene rings is 2. The lowest BCUT2D eigenvalue weighted by Crippen LogP contribution is -2.38. The summed E-state index contributed by atoms with van der Waals surface area (Å²) in [5, 5.41) is 2.92. The van der Waals surface area contributed by atoms with Crippen molar-refractivity contribution < 1.29 is 17.9 Å². The number of ether oxygens (including phenoxy) is 1. The zero-order chi connectivity index (χ0) is 20.9. The van der Waals surface area contributed by atoms with Gasteiger partial charge >= 0.3 is 0 Å². The van der Waals surface area contributed by atoms with Crippen molar-refractivity contribution in [1.29, 1.82) is 0 Å². The predicted octanol–water partition coefficient (Wildman–Crippen LogP) is 3.57. The first-order valence-corrected chi connectivity index (χ1v) is 11.5. The number of para-hydroxylation sites is 1. The van der Waals surface area contributed by atoms with E-state index in [1.807, 2.05) is 30.3 Å². The van der Waals surface area contributed by atoms with E-state index in [1.165, 1.54) is 22.5 Å². The summed E-state index contributed by atoms with van der Waals surface area (Å²) in [5.41, 5.74) is 0.137. The number of carbonyl (C=O) groups excluding carboxylic acids is 1. The van der Waals surface area contributed by atoms with E-state index in [4.69, 9.17) is 16.3 Å². The van der Waals surface area contributed by atoms with E-state index in [0.717, 1.165) is 12.8 Å². The SMILES string of the molecule is CC1CCN(S(=O)(=O)c2ccc(Cl)c(C(=O)NCCOc3ccccc3)c2)CC1. The molecule has 1 N–H and O–H groups in total. The van der Waals surface area contributed by atoms with Crippen molar-refractivity contribution in [2.75, 3.05) is 26.2 Å². The van der Waals surface area contributed by atoms with Crippen LogP contribution in [0.2, 0.25) is 5.02 Å². The Balaban J connectivity index is 1.64. The van der Waals surface area contributed by atoms with Gasteiger partial charge in [-0.05, 0) is 49.1 Å². The Bertz CT molecular complexity index is 942. The van der Waals surface area contributed by atoms with Crippen LogP contribution in [0.15, 0.2) is 53.4 Å². The van der Waals surface area contributed by atoms with Crippen LogP contribution in [0.1, 0.15) is 30.1 Å². The normalized spacial score (nSPS) is 15.8. The number of hydrogen-bond acceptors (Lipinski definition) is 4. The van der Waals surface area contributed by atoms with E-state index in [9.17, 15) is 13.2 Å². The number of rotatable bonds is 7. The largest absolute Gasteiger partial charge is 0.492 e. The summed E-state index contributed by atoms with van der Waals surface area (Å²) in [6.45, 7) is 3.66. The summed E-state index contributed by atoms with van der Waals surface area (Å²) in [6, 6.07) is 13.5. The van der Waals surface area contributed by atoms with E-state index >= 15 is 0 Å². The Morgan fingerprint density at radius 1 is 1.17 bits per heavy atom. The molecule has 1 saturated heterocycles. The van der Waals surface area contributed by atoms with Crippen LogP contribution in [0.4, 0.5) is 0 Å². The number of nitrogens with one attached hydrogen (secondary N) is 1. The Morgan fingerprint density at radius 3 is 2.55 bits per heavy atom. The molecule has 0 bridgehead atoms. The molecule has 0 aliphatic carbocycles. The second-order valence-corrected chi connectivity index (χ2v) is 9.49. The lowest BCUT2D eigenvalue weighted by molar-refractivity contribution is 0.0947. The van der Waals surface area contributed by atoms with Gasteiger partial charge < -0.3 is 10.1 Å². The molecule has 1 aliphatic rings. The molecule has 0 atom stereocenters. The molecular weight excluding hydrogens is 412 g/mol. The van der Waals surface area contributed by atoms with Crippen LogP contribution >= 0.6 is 11.6 Å². The quantitative estimate of drug-likeness (QED) is 0.673. The standard InChI is InChI=1S/C21H25ClN2O4S/c1-16-9-12-24(13-10-16)29(26,27)18-7-8-20(22)19(15-18)21(25)23-11-14-28-17-5-3-2-4-6-17/h2-8,15-16H,9-14H2,1H3,(H,23,25). The number of amides is 1. The molecule has 0 spiro atoms. The first-order valence-electron chi connectivity index (χ1n) is 9.63. The van der Waals surface area contributed by atoms with Crippen molar-refractivity contribution in [3.05, 3.63) is 59.1 Å². The number of sulfonamides is 1. The Morgan fingerprint density at radius 2 is 1.86 bits per heavy atom. The van der Waals surface area contributed by atoms with Gasteiger partial charge in [0.05, 0.1) is 22.0 Å². The van der Waals surface area contributed by atoms with Crippen LogP contribution in [0, 0.1) is 5.92 Å². The van der Waals surface area contributed by atoms with Crippen molar-refractivity contribution >= 4 is 27.5 Å². The summed E-state index contributed by atoms with van der Waals surface area (Å²) < 4.78 is 32.9. The number of nitrogens with zero attached hydrogens (tertiary/aromatic N) is 1. The van der Waals surface area contributed by atoms with E-state index in [0.29, 0.717) is 24.8 Å². The molecule has 29 heavy (non-hydrogen) atoms. The van der Waals surface area contributed by atoms with E-state index in [2.05, 4.69) is 12.2 Å². The molecule has 1 amide bonds. The van der Waals surface area contributed by atoms with Crippen molar-refractivity contribution in [2.45, 2.75) is 24.7 Å². The van der Waals surface area contributed by atoms with Gasteiger partial charge in [0.1, 0.15) is 12.4 Å². The summed E-state index contributed by atoms with van der Waals surface area (Å²) in [5.74, 6) is 0.797. The maximum atomic E-state index is 12.9. The molecule has 1 fully saturated rings. The van der Waals surface area contributed by atoms with Gasteiger partial charge in [-0.15, -0.1) is 0 Å². The highest BCUT2D eigenvalue weighted by Gasteiger charge is 2.29. The molecule has 0 aromatic heterocycles. The van der Waals surface area contributed by atoms with Crippen molar-refractivity contribution in [3.8, 4) is 5.75 Å². The van der Waals surface area contributed by atoms with Crippen LogP contribution in [-0.2, 0) is 10.0 Å². The molecule has 156 valence electrons. The number of piperidine rings is 1. The van der Waals surface area contributed by atoms with Gasteiger partial charge in [0.15, 0.2) is 0 Å². The average Bonchev–Trinajstić information content (AvgIpc) is 2.72. The molecule has 0 unspecified atom stereocenters. The average molecular weight is 437 g/mol. The fourth-order valence-electron chi connectivity index (χ4n) is 3.16. The smallest absolute Gasteiger partial charge is 0.252 e. The zero-order valence-electron chi connectivity index (χ0n) is 16.3. The van der Waals surface area contributed by atoms with Crippen molar-refractivity contribution in [1.82, 2.24) is 9.62 Å². The summed E-state index contributed by atoms with van der Waals surface area (Å²) in [4.78, 5) is 12.6. The second kappa shape index (κ2) is 9.61. The monoisotopic (exact) mass is 436 g/mol. The minimum atomic E-state index is -3.65. The summed E-state index contributed by atoms with van der Waals surface area (Å²) >= 11 is 6.15. The van der Waals surface area contributed by atoms with Crippen LogP contribution in [0.3, 0.4) is 0 Å². The third kappa shape index (κ3) is 5.50. The van der Waals surface area contributed by atoms with E-state index < -0.39 is 15.9 Å². The van der Waals surface area contributed by atoms with Gasteiger partial charge in [-0.25, -0.2) is 8.42 Å². The maximum absolute atomic E-state index is 12.9. The minimum absolute atomic E-state index is 0.0853. The zero-order valence-corrected chi connectivity index (χ0v) is 17.9. The molecule has 6 nitrogen and oxygen atoms in total. The van der Waals surface area contributed by atoms with Gasteiger partial charge in [0.25, 0.3) is 5.91 Å². The number of halogens is 1. The van der Waals surface area contributed by atoms with Gasteiger partial charge in [-0.3, -0.25) is 4.79 Å². The van der Waals surface area contributed by atoms with Crippen LogP contribution in [-0.4, -0.2) is 44.9 Å². The third-order valence-corrected chi connectivity index (χ3v) is 7.19. The number of hydrogen-bond donors (Lipinski definition) is 1. The second-order valence-electron chi connectivity index (χ2n) is 7.15. The Hall–Kier alpha value is -2.09. The van der Waals surface area contributed by atoms with Gasteiger partial charge in [0.2, 0.25) is 10.0 Å². The highest BCUT2D eigenvalue weighted by Crippen LogP contribution is 2.26. The third-order valence-electron chi connectivity index (χ3n) is 4.96. The Kier molecular flexibility index (Phi) is 7.16. The maximum Gasteiger partial charge on any atom is 0.252 e. The molecule has 8 heteroatoms. The van der Waals surface area contributed by atoms with Crippen LogP contribution in [0.25, 0.3) is 0 Å². The molecule has 3 rings (SSSR count). The summed E-state index contributed by atoms with van der Waals surface area (Å²) in [6.07, 6.45) is 1.67. The molecule has 1 heterocycles. The topological polar surface area (TPSA) is 75.7 Å². The highest BCUT2D eigenvalue weighted by molar-refractivity contribution is 7.89. The molecule has 2 aromatic rings. The van der Waals surface area contributed by atoms with Gasteiger partial charge in [-0.2, -0.15) is 4.31 Å². The molecule has 0 radical (unpaired) electrons. The lowest BCUT2D eigenvalue weighted by atomic mass is 10.0. The summed E-state index contributed by atoms with van der Waals surface area (Å²) in [7, 11) is -3.65. The van der Waals surface area contributed by atoms with E-state index in [-0.39, 0.29) is 28.6 Å². The van der Waals surface area contributed by atoms with Crippen LogP contribution in [0.5, 0.6) is 5.75 Å². The van der Waals surface area contributed by atoms with Crippen LogP contribution < -0.4 is 10.1 Å². The van der Waals surface area contributed by atoms with Gasteiger partial charge in [0, 0.05) is 13.1 Å². The molecule has 2 aromatic carbocycles. The van der Waals surface area contributed by atoms with E-state index in [1.54, 1.807) is 0 Å². The highest BCUT2D eigenvalue weighted by atomic mass is 35.5. The van der Waals surface area contributed by atoms with Crippen molar-refractivity contribution in [2.24, 2.45) is 5.92 Å². The fraction of sp³-hybridized carbons (Fsp3) is 0.381. The first kappa shape index (κ1) is 21.6.